The molecule has 3 unspecified atom stereocenters. The van der Waals surface area contributed by atoms with Crippen molar-refractivity contribution in [3.63, 3.8) is 0 Å². The number of rotatable bonds is 7. The summed E-state index contributed by atoms with van der Waals surface area (Å²) in [6, 6.07) is -0.128. The third kappa shape index (κ3) is 4.92. The number of aliphatic carboxylic acids is 2. The van der Waals surface area contributed by atoms with Crippen LogP contribution in [0.2, 0.25) is 0 Å². The van der Waals surface area contributed by atoms with Crippen LogP contribution in [0.15, 0.2) is 40.0 Å². The summed E-state index contributed by atoms with van der Waals surface area (Å²) >= 11 is 1.19. The first kappa shape index (κ1) is 27.2. The number of alkyl halides is 2. The zero-order chi connectivity index (χ0) is 28.3. The molecule has 9 nitrogen and oxygen atoms in total. The van der Waals surface area contributed by atoms with Crippen LogP contribution in [0.1, 0.15) is 41.4 Å². The van der Waals surface area contributed by atoms with Gasteiger partial charge in [-0.25, -0.2) is 27.3 Å². The van der Waals surface area contributed by atoms with Gasteiger partial charge in [-0.3, -0.25) is 14.7 Å². The Morgan fingerprint density at radius 2 is 1.97 bits per heavy atom. The van der Waals surface area contributed by atoms with Crippen LogP contribution >= 0.6 is 11.3 Å². The van der Waals surface area contributed by atoms with Crippen LogP contribution in [0.25, 0.3) is 0 Å². The number of carbonyl (C=O) groups is 2. The van der Waals surface area contributed by atoms with E-state index >= 15 is 8.78 Å². The Labute approximate surface area is 223 Å². The number of halogens is 4. The maximum absolute atomic E-state index is 15.1. The molecule has 39 heavy (non-hydrogen) atoms. The highest BCUT2D eigenvalue weighted by Gasteiger charge is 2.61. The molecule has 1 aromatic heterocycles. The first-order valence-electron chi connectivity index (χ1n) is 12.0. The van der Waals surface area contributed by atoms with Gasteiger partial charge in [-0.05, 0) is 30.5 Å². The minimum Gasteiger partial charge on any atom is -0.481 e. The maximum Gasteiger partial charge on any atom is 0.335 e. The number of thiazole rings is 1. The predicted molar refractivity (Wildman–Crippen MR) is 131 cm³/mol. The first-order chi connectivity index (χ1) is 18.3. The molecule has 5 rings (SSSR count). The topological polar surface area (TPSA) is 135 Å². The lowest BCUT2D eigenvalue weighted by atomic mass is 9.77. The molecule has 0 amide bonds. The van der Waals surface area contributed by atoms with Gasteiger partial charge in [-0.1, -0.05) is 6.07 Å². The number of benzene rings is 1. The summed E-state index contributed by atoms with van der Waals surface area (Å²) in [6.07, 6.45) is 0.0778. The number of amidine groups is 1. The molecule has 0 saturated carbocycles. The normalized spacial score (nSPS) is 29.6. The molecule has 2 fully saturated rings. The molecule has 0 radical (unpaired) electrons. The molecule has 0 aliphatic carbocycles. The molecule has 0 spiro atoms. The van der Waals surface area contributed by atoms with E-state index in [0.717, 1.165) is 6.07 Å². The van der Waals surface area contributed by atoms with Gasteiger partial charge in [0.2, 0.25) is 0 Å². The number of fused-ring (bicyclic) bond motifs is 2. The second-order valence-corrected chi connectivity index (χ2v) is 11.1. The lowest BCUT2D eigenvalue weighted by Gasteiger charge is -2.43. The van der Waals surface area contributed by atoms with Crippen molar-refractivity contribution in [2.24, 2.45) is 10.9 Å². The SMILES string of the molecule is Cc1c([C@@H]2N=C(c3nccs3)NC(CC3C4C[C@](O)(CC(=O)O)CN3CC4(F)F)=C2C(=O)O)ccc(F)c1F. The highest BCUT2D eigenvalue weighted by Crippen LogP contribution is 2.50. The highest BCUT2D eigenvalue weighted by molar-refractivity contribution is 7.11. The second kappa shape index (κ2) is 9.68. The van der Waals surface area contributed by atoms with E-state index in [1.165, 1.54) is 35.4 Å². The molecule has 2 bridgehead atoms. The molecule has 1 aromatic carbocycles. The lowest BCUT2D eigenvalue weighted by Crippen LogP contribution is -2.54. The Kier molecular flexibility index (Phi) is 6.75. The van der Waals surface area contributed by atoms with Crippen LogP contribution in [-0.4, -0.2) is 73.6 Å². The number of carboxylic acids is 2. The van der Waals surface area contributed by atoms with Crippen LogP contribution in [0.5, 0.6) is 0 Å². The summed E-state index contributed by atoms with van der Waals surface area (Å²) in [7, 11) is 0. The van der Waals surface area contributed by atoms with E-state index < -0.39 is 72.5 Å². The third-order valence-corrected chi connectivity index (χ3v) is 8.33. The van der Waals surface area contributed by atoms with Crippen molar-refractivity contribution in [3.8, 4) is 0 Å². The van der Waals surface area contributed by atoms with E-state index in [9.17, 15) is 33.7 Å². The van der Waals surface area contributed by atoms with Gasteiger partial charge in [0.25, 0.3) is 5.92 Å². The average molecular weight is 569 g/mol. The van der Waals surface area contributed by atoms with Crippen LogP contribution < -0.4 is 5.32 Å². The van der Waals surface area contributed by atoms with Gasteiger partial charge in [0, 0.05) is 42.2 Å². The van der Waals surface area contributed by atoms with Gasteiger partial charge in [0.05, 0.1) is 24.1 Å². The van der Waals surface area contributed by atoms with Gasteiger partial charge in [-0.15, -0.1) is 11.3 Å². The van der Waals surface area contributed by atoms with Crippen molar-refractivity contribution in [1.82, 2.24) is 15.2 Å². The average Bonchev–Trinajstić information content (AvgIpc) is 3.42. The quantitative estimate of drug-likeness (QED) is 0.375. The number of nitrogens with one attached hydrogen (secondary N) is 1. The van der Waals surface area contributed by atoms with Crippen molar-refractivity contribution >= 4 is 29.1 Å². The van der Waals surface area contributed by atoms with Gasteiger partial charge in [0.1, 0.15) is 6.04 Å². The summed E-state index contributed by atoms with van der Waals surface area (Å²) in [6.45, 7) is 0.244. The summed E-state index contributed by atoms with van der Waals surface area (Å²) in [5.41, 5.74) is -2.20. The fraction of sp³-hybridized carbons (Fsp3) is 0.440. The minimum atomic E-state index is -3.26. The van der Waals surface area contributed by atoms with E-state index in [4.69, 9.17) is 0 Å². The van der Waals surface area contributed by atoms with Crippen molar-refractivity contribution in [1.29, 1.82) is 0 Å². The van der Waals surface area contributed by atoms with E-state index in [1.54, 1.807) is 5.38 Å². The highest BCUT2D eigenvalue weighted by atomic mass is 32.1. The molecule has 4 N–H and O–H groups in total. The molecular formula is C25H24F4N4O5S. The standard InChI is InChI=1S/C25H24F4N4O5S/c1-11-12(2-3-14(26)19(11)27)20-18(23(36)37)15(31-21(32-20)22-30-4-5-39-22)6-16-13-7-24(38,8-17(34)35)9-33(16)10-25(13,28)29/h2-5,13,16,20,38H,6-10H2,1H3,(H,31,32)(H,34,35)(H,36,37)/t13?,16?,20-,24-/m0/s1. The summed E-state index contributed by atoms with van der Waals surface area (Å²) in [4.78, 5) is 33.8. The Morgan fingerprint density at radius 3 is 2.59 bits per heavy atom. The van der Waals surface area contributed by atoms with Gasteiger partial charge in [0.15, 0.2) is 22.5 Å². The fourth-order valence-corrected chi connectivity index (χ4v) is 6.47. The molecule has 3 aliphatic heterocycles. The molecule has 14 heteroatoms. The minimum absolute atomic E-state index is 0.0400. The van der Waals surface area contributed by atoms with E-state index in [-0.39, 0.29) is 41.2 Å². The molecule has 4 heterocycles. The van der Waals surface area contributed by atoms with Crippen LogP contribution in [-0.2, 0) is 9.59 Å². The zero-order valence-corrected chi connectivity index (χ0v) is 21.3. The number of nitrogens with zero attached hydrogens (tertiary/aromatic N) is 3. The number of aromatic nitrogens is 1. The van der Waals surface area contributed by atoms with Crippen molar-refractivity contribution in [3.05, 3.63) is 62.7 Å². The molecule has 5 atom stereocenters. The van der Waals surface area contributed by atoms with Gasteiger partial charge in [-0.2, -0.15) is 0 Å². The molecule has 208 valence electrons. The van der Waals surface area contributed by atoms with E-state index in [0.29, 0.717) is 5.01 Å². The van der Waals surface area contributed by atoms with Crippen LogP contribution in [0.3, 0.4) is 0 Å². The van der Waals surface area contributed by atoms with Crippen molar-refractivity contribution < 1.29 is 42.5 Å². The molecule has 3 aliphatic rings. The third-order valence-electron chi connectivity index (χ3n) is 7.55. The number of aliphatic hydroxyl groups is 1. The first-order valence-corrected chi connectivity index (χ1v) is 12.9. The molecule has 2 aromatic rings. The largest absolute Gasteiger partial charge is 0.481 e. The summed E-state index contributed by atoms with van der Waals surface area (Å²) in [5, 5.41) is 35.1. The van der Waals surface area contributed by atoms with E-state index in [2.05, 4.69) is 15.3 Å². The van der Waals surface area contributed by atoms with Gasteiger partial charge >= 0.3 is 11.9 Å². The Balaban J connectivity index is 1.58. The smallest absolute Gasteiger partial charge is 0.335 e. The van der Waals surface area contributed by atoms with Crippen molar-refractivity contribution in [2.75, 3.05) is 13.1 Å². The number of piperidine rings is 1. The van der Waals surface area contributed by atoms with Crippen molar-refractivity contribution in [2.45, 2.75) is 49.8 Å². The van der Waals surface area contributed by atoms with Crippen LogP contribution in [0.4, 0.5) is 17.6 Å². The molecule has 2 saturated heterocycles. The lowest BCUT2D eigenvalue weighted by molar-refractivity contribution is -0.147. The Bertz CT molecular complexity index is 1400. The predicted octanol–water partition coefficient (Wildman–Crippen LogP) is 3.09. The van der Waals surface area contributed by atoms with Gasteiger partial charge < -0.3 is 20.6 Å². The number of aliphatic imine (C=N–C) groups is 1. The number of hydrogen-bond donors (Lipinski definition) is 4. The Morgan fingerprint density at radius 1 is 1.23 bits per heavy atom. The maximum atomic E-state index is 15.1. The number of hydrogen-bond acceptors (Lipinski definition) is 8. The zero-order valence-electron chi connectivity index (χ0n) is 20.5. The summed E-state index contributed by atoms with van der Waals surface area (Å²) < 4.78 is 58.5. The number of carboxylic acid groups (broad SMARTS) is 2. The van der Waals surface area contributed by atoms with E-state index in [1.807, 2.05) is 0 Å². The Hall–Kier alpha value is -3.36. The summed E-state index contributed by atoms with van der Waals surface area (Å²) in [5.74, 6) is -9.58. The fourth-order valence-electron chi connectivity index (χ4n) is 5.89. The monoisotopic (exact) mass is 568 g/mol. The van der Waals surface area contributed by atoms with Crippen LogP contribution in [0, 0.1) is 24.5 Å². The molecular weight excluding hydrogens is 544 g/mol. The second-order valence-electron chi connectivity index (χ2n) is 10.2.